The van der Waals surface area contributed by atoms with Crippen LogP contribution in [-0.4, -0.2) is 41.4 Å². The van der Waals surface area contributed by atoms with E-state index in [0.717, 1.165) is 43.3 Å². The number of morpholine rings is 1. The minimum Gasteiger partial charge on any atom is -0.377 e. The lowest BCUT2D eigenvalue weighted by molar-refractivity contribution is -0.148. The second-order valence-electron chi connectivity index (χ2n) is 7.32. The Bertz CT molecular complexity index is 539. The summed E-state index contributed by atoms with van der Waals surface area (Å²) in [7, 11) is 1.68. The molecule has 1 saturated heterocycles. The predicted octanol–water partition coefficient (Wildman–Crippen LogP) is 2.86. The summed E-state index contributed by atoms with van der Waals surface area (Å²) >= 11 is 0. The van der Waals surface area contributed by atoms with Gasteiger partial charge in [-0.05, 0) is 33.6 Å². The first-order valence-electron chi connectivity index (χ1n) is 8.20. The molecule has 0 radical (unpaired) electrons. The summed E-state index contributed by atoms with van der Waals surface area (Å²) in [4.78, 5) is 11.5. The van der Waals surface area contributed by atoms with E-state index in [1.807, 2.05) is 6.92 Å². The van der Waals surface area contributed by atoms with E-state index < -0.39 is 0 Å². The molecule has 0 unspecified atom stereocenters. The zero-order valence-corrected chi connectivity index (χ0v) is 14.2. The van der Waals surface area contributed by atoms with Crippen LogP contribution in [0.25, 0.3) is 0 Å². The number of hydrogen-bond acceptors (Lipinski definition) is 5. The predicted molar refractivity (Wildman–Crippen MR) is 86.1 cm³/mol. The number of methoxy groups -OCH3 is 1. The Labute approximate surface area is 133 Å². The van der Waals surface area contributed by atoms with Crippen LogP contribution in [0.1, 0.15) is 51.0 Å². The SMILES string of the molecule is COCc1nc(C)cc(N2CC(C)(C)OC3(CCCC3)C2)n1. The molecule has 122 valence electrons. The van der Waals surface area contributed by atoms with Crippen LogP contribution in [0.4, 0.5) is 5.82 Å². The van der Waals surface area contributed by atoms with Crippen molar-refractivity contribution in [1.29, 1.82) is 0 Å². The highest BCUT2D eigenvalue weighted by Crippen LogP contribution is 2.41. The van der Waals surface area contributed by atoms with Crippen LogP contribution in [0.2, 0.25) is 0 Å². The molecule has 0 N–H and O–H groups in total. The van der Waals surface area contributed by atoms with Crippen molar-refractivity contribution >= 4 is 5.82 Å². The molecule has 1 aliphatic heterocycles. The maximum absolute atomic E-state index is 6.47. The number of hydrogen-bond donors (Lipinski definition) is 0. The number of nitrogens with zero attached hydrogens (tertiary/aromatic N) is 3. The molecule has 0 amide bonds. The molecule has 2 aliphatic rings. The molecule has 22 heavy (non-hydrogen) atoms. The Kier molecular flexibility index (Phi) is 4.12. The van der Waals surface area contributed by atoms with Crippen LogP contribution in [-0.2, 0) is 16.1 Å². The lowest BCUT2D eigenvalue weighted by Gasteiger charge is -2.49. The van der Waals surface area contributed by atoms with Crippen LogP contribution in [0.3, 0.4) is 0 Å². The number of rotatable bonds is 3. The standard InChI is InChI=1S/C17H27N3O2/c1-13-9-15(19-14(18-13)10-21-4)20-11-16(2,3)22-17(12-20)7-5-6-8-17/h9H,5-8,10-12H2,1-4H3. The number of aromatic nitrogens is 2. The number of aryl methyl sites for hydroxylation is 1. The van der Waals surface area contributed by atoms with Crippen molar-refractivity contribution in [2.45, 2.75) is 64.3 Å². The summed E-state index contributed by atoms with van der Waals surface area (Å²) < 4.78 is 11.7. The quantitative estimate of drug-likeness (QED) is 0.859. The average Bonchev–Trinajstić information content (AvgIpc) is 2.84. The molecule has 0 bridgehead atoms. The minimum absolute atomic E-state index is 0.00201. The zero-order chi connectivity index (χ0) is 15.8. The van der Waals surface area contributed by atoms with E-state index in [1.165, 1.54) is 12.8 Å². The highest BCUT2D eigenvalue weighted by Gasteiger charge is 2.46. The second-order valence-corrected chi connectivity index (χ2v) is 7.32. The maximum atomic E-state index is 6.47. The molecule has 5 nitrogen and oxygen atoms in total. The molecule has 0 atom stereocenters. The smallest absolute Gasteiger partial charge is 0.156 e. The van der Waals surface area contributed by atoms with Gasteiger partial charge in [0.1, 0.15) is 12.4 Å². The minimum atomic E-state index is -0.150. The van der Waals surface area contributed by atoms with Crippen molar-refractivity contribution in [2.75, 3.05) is 25.1 Å². The summed E-state index contributed by atoms with van der Waals surface area (Å²) in [6, 6.07) is 2.07. The van der Waals surface area contributed by atoms with E-state index in [-0.39, 0.29) is 11.2 Å². The van der Waals surface area contributed by atoms with Gasteiger partial charge in [-0.25, -0.2) is 9.97 Å². The van der Waals surface area contributed by atoms with Crippen molar-refractivity contribution in [2.24, 2.45) is 0 Å². The zero-order valence-electron chi connectivity index (χ0n) is 14.2. The van der Waals surface area contributed by atoms with Gasteiger partial charge in [-0.3, -0.25) is 0 Å². The fourth-order valence-corrected chi connectivity index (χ4v) is 3.92. The monoisotopic (exact) mass is 305 g/mol. The van der Waals surface area contributed by atoms with Gasteiger partial charge in [0.15, 0.2) is 5.82 Å². The van der Waals surface area contributed by atoms with Crippen molar-refractivity contribution in [3.8, 4) is 0 Å². The third-order valence-corrected chi connectivity index (χ3v) is 4.54. The normalized spacial score (nSPS) is 23.2. The summed E-state index contributed by atoms with van der Waals surface area (Å²) in [5, 5.41) is 0. The van der Waals surface area contributed by atoms with Gasteiger partial charge < -0.3 is 14.4 Å². The van der Waals surface area contributed by atoms with Gasteiger partial charge in [0.25, 0.3) is 0 Å². The summed E-state index contributed by atoms with van der Waals surface area (Å²) in [6.45, 7) is 8.62. The van der Waals surface area contributed by atoms with E-state index in [2.05, 4.69) is 29.8 Å². The summed E-state index contributed by atoms with van der Waals surface area (Å²) in [5.41, 5.74) is 0.840. The van der Waals surface area contributed by atoms with E-state index in [9.17, 15) is 0 Å². The molecule has 1 spiro atoms. The maximum Gasteiger partial charge on any atom is 0.156 e. The third-order valence-electron chi connectivity index (χ3n) is 4.54. The molecule has 5 heteroatoms. The van der Waals surface area contributed by atoms with E-state index in [0.29, 0.717) is 6.61 Å². The van der Waals surface area contributed by atoms with Crippen LogP contribution >= 0.6 is 0 Å². The van der Waals surface area contributed by atoms with Crippen LogP contribution in [0.15, 0.2) is 6.07 Å². The van der Waals surface area contributed by atoms with Gasteiger partial charge in [0, 0.05) is 32.0 Å². The molecule has 1 aromatic rings. The van der Waals surface area contributed by atoms with Crippen molar-refractivity contribution < 1.29 is 9.47 Å². The second kappa shape index (κ2) is 5.78. The fraction of sp³-hybridized carbons (Fsp3) is 0.765. The molecule has 1 aromatic heterocycles. The number of ether oxygens (including phenoxy) is 2. The molecule has 2 fully saturated rings. The third kappa shape index (κ3) is 3.25. The van der Waals surface area contributed by atoms with Gasteiger partial charge in [0.2, 0.25) is 0 Å². The van der Waals surface area contributed by atoms with Gasteiger partial charge >= 0.3 is 0 Å². The van der Waals surface area contributed by atoms with Crippen LogP contribution in [0, 0.1) is 6.92 Å². The summed E-state index contributed by atoms with van der Waals surface area (Å²) in [6.07, 6.45) is 4.84. The largest absolute Gasteiger partial charge is 0.377 e. The highest BCUT2D eigenvalue weighted by molar-refractivity contribution is 5.42. The van der Waals surface area contributed by atoms with Crippen molar-refractivity contribution in [3.05, 3.63) is 17.6 Å². The topological polar surface area (TPSA) is 47.5 Å². The van der Waals surface area contributed by atoms with Gasteiger partial charge in [-0.2, -0.15) is 0 Å². The van der Waals surface area contributed by atoms with E-state index in [1.54, 1.807) is 7.11 Å². The van der Waals surface area contributed by atoms with Gasteiger partial charge in [-0.1, -0.05) is 12.8 Å². The lowest BCUT2D eigenvalue weighted by Crippen LogP contribution is -2.59. The Morgan fingerprint density at radius 1 is 1.23 bits per heavy atom. The Hall–Kier alpha value is -1.20. The molecule has 3 rings (SSSR count). The van der Waals surface area contributed by atoms with Crippen molar-refractivity contribution in [3.63, 3.8) is 0 Å². The Balaban J connectivity index is 1.89. The Morgan fingerprint density at radius 2 is 1.95 bits per heavy atom. The average molecular weight is 305 g/mol. The number of anilines is 1. The van der Waals surface area contributed by atoms with Crippen LogP contribution in [0.5, 0.6) is 0 Å². The highest BCUT2D eigenvalue weighted by atomic mass is 16.5. The lowest BCUT2D eigenvalue weighted by atomic mass is 9.94. The first-order valence-corrected chi connectivity index (χ1v) is 8.20. The molecular weight excluding hydrogens is 278 g/mol. The first-order chi connectivity index (χ1) is 10.4. The van der Waals surface area contributed by atoms with Gasteiger partial charge in [0.05, 0.1) is 11.2 Å². The fourth-order valence-electron chi connectivity index (χ4n) is 3.92. The van der Waals surface area contributed by atoms with Gasteiger partial charge in [-0.15, -0.1) is 0 Å². The first kappa shape index (κ1) is 15.7. The Morgan fingerprint density at radius 3 is 2.64 bits per heavy atom. The van der Waals surface area contributed by atoms with Crippen LogP contribution < -0.4 is 4.90 Å². The molecule has 1 aliphatic carbocycles. The molecule has 1 saturated carbocycles. The molecule has 2 heterocycles. The molecule has 0 aromatic carbocycles. The molecular formula is C17H27N3O2. The van der Waals surface area contributed by atoms with E-state index in [4.69, 9.17) is 14.5 Å². The summed E-state index contributed by atoms with van der Waals surface area (Å²) in [5.74, 6) is 1.75. The van der Waals surface area contributed by atoms with E-state index >= 15 is 0 Å². The van der Waals surface area contributed by atoms with Crippen molar-refractivity contribution in [1.82, 2.24) is 9.97 Å².